The van der Waals surface area contributed by atoms with Gasteiger partial charge in [0.1, 0.15) is 5.75 Å². The molecule has 0 radical (unpaired) electrons. The van der Waals surface area contributed by atoms with Crippen molar-refractivity contribution >= 4 is 21.6 Å². The van der Waals surface area contributed by atoms with Gasteiger partial charge < -0.3 is 9.64 Å². The Kier molecular flexibility index (Phi) is 7.70. The number of benzene rings is 2. The summed E-state index contributed by atoms with van der Waals surface area (Å²) in [4.78, 5) is 25.0. The molecule has 0 saturated carbocycles. The van der Waals surface area contributed by atoms with E-state index in [2.05, 4.69) is 0 Å². The smallest absolute Gasteiger partial charge is 0.270 e. The van der Waals surface area contributed by atoms with Crippen molar-refractivity contribution in [1.82, 2.24) is 9.21 Å². The second kappa shape index (κ2) is 10.3. The molecule has 1 aliphatic rings. The largest absolute Gasteiger partial charge is 0.494 e. The Morgan fingerprint density at radius 1 is 1.18 bits per heavy atom. The van der Waals surface area contributed by atoms with Crippen LogP contribution in [-0.2, 0) is 21.4 Å². The number of hydrogen-bond donors (Lipinski definition) is 0. The van der Waals surface area contributed by atoms with Gasteiger partial charge in [-0.25, -0.2) is 8.42 Å². The maximum absolute atomic E-state index is 13.1. The molecule has 9 nitrogen and oxygen atoms in total. The fraction of sp³-hybridized carbons (Fsp3) is 0.435. The lowest BCUT2D eigenvalue weighted by atomic mass is 9.96. The summed E-state index contributed by atoms with van der Waals surface area (Å²) in [7, 11) is -2.14. The molecule has 1 aliphatic heterocycles. The molecular weight excluding hydrogens is 446 g/mol. The predicted octanol–water partition coefficient (Wildman–Crippen LogP) is 3.36. The molecule has 0 atom stereocenters. The average molecular weight is 476 g/mol. The standard InChI is InChI=1S/C23H29N3O6S/c1-4-32-21-9-6-18(7-10-21)16-24(3)23(27)19-11-13-25(14-12-19)33(30,31)22-15-20(26(28)29)8-5-17(22)2/h5-10,15,19H,4,11-14,16H2,1-3H3. The number of nitro benzene ring substituents is 1. The molecule has 0 aliphatic carbocycles. The number of nitrogens with zero attached hydrogens (tertiary/aromatic N) is 3. The Labute approximate surface area is 194 Å². The third kappa shape index (κ3) is 5.69. The third-order valence-corrected chi connectivity index (χ3v) is 7.87. The van der Waals surface area contributed by atoms with Crippen molar-refractivity contribution in [3.05, 3.63) is 63.7 Å². The van der Waals surface area contributed by atoms with Crippen LogP contribution in [0.3, 0.4) is 0 Å². The molecule has 10 heteroatoms. The van der Waals surface area contributed by atoms with Gasteiger partial charge in [-0.15, -0.1) is 0 Å². The van der Waals surface area contributed by atoms with E-state index < -0.39 is 14.9 Å². The Bertz CT molecular complexity index is 1110. The fourth-order valence-electron chi connectivity index (χ4n) is 3.98. The summed E-state index contributed by atoms with van der Waals surface area (Å²) in [6, 6.07) is 11.4. The number of sulfonamides is 1. The van der Waals surface area contributed by atoms with Crippen LogP contribution in [0.25, 0.3) is 0 Å². The van der Waals surface area contributed by atoms with Gasteiger partial charge in [-0.1, -0.05) is 18.2 Å². The number of piperidine rings is 1. The third-order valence-electron chi connectivity index (χ3n) is 5.83. The Morgan fingerprint density at radius 3 is 2.39 bits per heavy atom. The number of nitro groups is 1. The van der Waals surface area contributed by atoms with Crippen LogP contribution in [0.5, 0.6) is 5.75 Å². The molecule has 1 fully saturated rings. The number of carbonyl (C=O) groups excluding carboxylic acids is 1. The van der Waals surface area contributed by atoms with E-state index >= 15 is 0 Å². The van der Waals surface area contributed by atoms with Crippen molar-refractivity contribution in [1.29, 1.82) is 0 Å². The van der Waals surface area contributed by atoms with Gasteiger partial charge in [0.2, 0.25) is 15.9 Å². The van der Waals surface area contributed by atoms with Gasteiger partial charge in [-0.05, 0) is 49.9 Å². The normalized spacial score (nSPS) is 15.2. The molecular formula is C23H29N3O6S. The van der Waals surface area contributed by atoms with Crippen LogP contribution in [0.4, 0.5) is 5.69 Å². The van der Waals surface area contributed by atoms with E-state index in [1.165, 1.54) is 16.4 Å². The van der Waals surface area contributed by atoms with Crippen LogP contribution in [0.1, 0.15) is 30.9 Å². The SMILES string of the molecule is CCOc1ccc(CN(C)C(=O)C2CCN(S(=O)(=O)c3cc([N+](=O)[O-])ccc3C)CC2)cc1. The first-order chi connectivity index (χ1) is 15.6. The molecule has 0 aromatic heterocycles. The van der Waals surface area contributed by atoms with Crippen molar-refractivity contribution in [2.24, 2.45) is 5.92 Å². The number of rotatable bonds is 8. The Morgan fingerprint density at radius 2 is 1.82 bits per heavy atom. The zero-order valence-electron chi connectivity index (χ0n) is 19.1. The highest BCUT2D eigenvalue weighted by molar-refractivity contribution is 7.89. The summed E-state index contributed by atoms with van der Waals surface area (Å²) in [5.41, 5.74) is 1.17. The topological polar surface area (TPSA) is 110 Å². The van der Waals surface area contributed by atoms with Crippen molar-refractivity contribution in [3.8, 4) is 5.75 Å². The second-order valence-corrected chi connectivity index (χ2v) is 10.1. The van der Waals surface area contributed by atoms with Gasteiger partial charge in [-0.2, -0.15) is 4.31 Å². The lowest BCUT2D eigenvalue weighted by Crippen LogP contribution is -2.43. The number of hydrogen-bond acceptors (Lipinski definition) is 6. The van der Waals surface area contributed by atoms with Gasteiger partial charge in [0, 0.05) is 44.7 Å². The van der Waals surface area contributed by atoms with Crippen LogP contribution >= 0.6 is 0 Å². The van der Waals surface area contributed by atoms with Gasteiger partial charge in [0.05, 0.1) is 16.4 Å². The first-order valence-corrected chi connectivity index (χ1v) is 12.3. The van der Waals surface area contributed by atoms with E-state index in [0.29, 0.717) is 31.6 Å². The molecule has 3 rings (SSSR count). The summed E-state index contributed by atoms with van der Waals surface area (Å²) in [5, 5.41) is 11.1. The highest BCUT2D eigenvalue weighted by atomic mass is 32.2. The van der Waals surface area contributed by atoms with E-state index in [0.717, 1.165) is 17.4 Å². The summed E-state index contributed by atoms with van der Waals surface area (Å²) >= 11 is 0. The zero-order chi connectivity index (χ0) is 24.2. The minimum atomic E-state index is -3.88. The monoisotopic (exact) mass is 475 g/mol. The quantitative estimate of drug-likeness (QED) is 0.428. The maximum atomic E-state index is 13.1. The predicted molar refractivity (Wildman–Crippen MR) is 123 cm³/mol. The Hall–Kier alpha value is -2.98. The van der Waals surface area contributed by atoms with E-state index in [1.54, 1.807) is 18.9 Å². The first-order valence-electron chi connectivity index (χ1n) is 10.9. The number of amides is 1. The molecule has 0 spiro atoms. The van der Waals surface area contributed by atoms with Crippen molar-refractivity contribution in [2.45, 2.75) is 38.1 Å². The lowest BCUT2D eigenvalue weighted by molar-refractivity contribution is -0.385. The van der Waals surface area contributed by atoms with E-state index in [4.69, 9.17) is 4.74 Å². The van der Waals surface area contributed by atoms with E-state index in [9.17, 15) is 23.3 Å². The molecule has 0 unspecified atom stereocenters. The molecule has 1 amide bonds. The summed E-state index contributed by atoms with van der Waals surface area (Å²) in [5.74, 6) is 0.491. The Balaban J connectivity index is 1.62. The highest BCUT2D eigenvalue weighted by Gasteiger charge is 2.34. The minimum Gasteiger partial charge on any atom is -0.494 e. The van der Waals surface area contributed by atoms with Crippen molar-refractivity contribution in [3.63, 3.8) is 0 Å². The lowest BCUT2D eigenvalue weighted by Gasteiger charge is -2.32. The number of aryl methyl sites for hydroxylation is 1. The van der Waals surface area contributed by atoms with Crippen LogP contribution in [-0.4, -0.2) is 55.2 Å². The highest BCUT2D eigenvalue weighted by Crippen LogP contribution is 2.29. The molecule has 0 N–H and O–H groups in total. The van der Waals surface area contributed by atoms with Crippen LogP contribution < -0.4 is 4.74 Å². The molecule has 178 valence electrons. The summed E-state index contributed by atoms with van der Waals surface area (Å²) < 4.78 is 33.0. The van der Waals surface area contributed by atoms with Crippen molar-refractivity contribution in [2.75, 3.05) is 26.7 Å². The van der Waals surface area contributed by atoms with E-state index in [-0.39, 0.29) is 35.5 Å². The average Bonchev–Trinajstić information content (AvgIpc) is 2.80. The summed E-state index contributed by atoms with van der Waals surface area (Å²) in [6.07, 6.45) is 0.805. The summed E-state index contributed by atoms with van der Waals surface area (Å²) in [6.45, 7) is 4.96. The molecule has 33 heavy (non-hydrogen) atoms. The van der Waals surface area contributed by atoms with Gasteiger partial charge in [0.15, 0.2) is 0 Å². The fourth-order valence-corrected chi connectivity index (χ4v) is 5.70. The second-order valence-electron chi connectivity index (χ2n) is 8.16. The zero-order valence-corrected chi connectivity index (χ0v) is 19.9. The van der Waals surface area contributed by atoms with E-state index in [1.807, 2.05) is 31.2 Å². The van der Waals surface area contributed by atoms with Gasteiger partial charge >= 0.3 is 0 Å². The number of non-ortho nitro benzene ring substituents is 1. The number of carbonyl (C=O) groups is 1. The molecule has 1 saturated heterocycles. The van der Waals surface area contributed by atoms with Crippen LogP contribution in [0, 0.1) is 23.0 Å². The molecule has 2 aromatic rings. The van der Waals surface area contributed by atoms with Crippen molar-refractivity contribution < 1.29 is 22.9 Å². The molecule has 1 heterocycles. The van der Waals surface area contributed by atoms with Crippen LogP contribution in [0.2, 0.25) is 0 Å². The number of ether oxygens (including phenoxy) is 1. The van der Waals surface area contributed by atoms with Crippen LogP contribution in [0.15, 0.2) is 47.4 Å². The van der Waals surface area contributed by atoms with Gasteiger partial charge in [0.25, 0.3) is 5.69 Å². The maximum Gasteiger partial charge on any atom is 0.270 e. The molecule has 0 bridgehead atoms. The minimum absolute atomic E-state index is 0.0209. The first kappa shape index (κ1) is 24.7. The molecule has 2 aromatic carbocycles. The van der Waals surface area contributed by atoms with Gasteiger partial charge in [-0.3, -0.25) is 14.9 Å².